The number of aryl methyl sites for hydroxylation is 1. The quantitative estimate of drug-likeness (QED) is 0.871. The van der Waals surface area contributed by atoms with Crippen LogP contribution in [0, 0.1) is 0 Å². The van der Waals surface area contributed by atoms with E-state index < -0.39 is 6.03 Å². The molecule has 1 aromatic heterocycles. The van der Waals surface area contributed by atoms with Crippen molar-refractivity contribution in [2.45, 2.75) is 32.6 Å². The van der Waals surface area contributed by atoms with Gasteiger partial charge in [-0.1, -0.05) is 32.4 Å². The molecule has 1 saturated heterocycles. The third-order valence-corrected chi connectivity index (χ3v) is 4.35. The Morgan fingerprint density at radius 3 is 2.57 bits per heavy atom. The van der Waals surface area contributed by atoms with Crippen LogP contribution in [0.15, 0.2) is 12.1 Å². The normalized spacial score (nSPS) is 16.1. The number of nitrogens with zero attached hydrogens (tertiary/aromatic N) is 3. The van der Waals surface area contributed by atoms with Gasteiger partial charge in [0, 0.05) is 30.4 Å². The fourth-order valence-electron chi connectivity index (χ4n) is 2.80. The number of hydrogen-bond donors (Lipinski definition) is 1. The van der Waals surface area contributed by atoms with Gasteiger partial charge in [0.1, 0.15) is 0 Å². The number of anilines is 1. The topological polar surface area (TPSA) is 67.2 Å². The second kappa shape index (κ2) is 5.23. The van der Waals surface area contributed by atoms with Crippen LogP contribution in [0.25, 0.3) is 10.9 Å². The minimum Gasteiger partial charge on any atom is -0.278 e. The Hall–Kier alpha value is -2.08. The van der Waals surface area contributed by atoms with E-state index in [1.807, 2.05) is 19.2 Å². The average molecular weight is 335 g/mol. The molecular formula is C16H19ClN4O2. The van der Waals surface area contributed by atoms with Gasteiger partial charge < -0.3 is 0 Å². The summed E-state index contributed by atoms with van der Waals surface area (Å²) >= 11 is 6.46. The van der Waals surface area contributed by atoms with Crippen molar-refractivity contribution in [2.24, 2.45) is 7.05 Å². The number of rotatable bonds is 1. The molecule has 1 fully saturated rings. The van der Waals surface area contributed by atoms with Gasteiger partial charge in [0.2, 0.25) is 5.91 Å². The minimum absolute atomic E-state index is 0.0926. The number of aromatic nitrogens is 2. The predicted octanol–water partition coefficient (Wildman–Crippen LogP) is 2.97. The summed E-state index contributed by atoms with van der Waals surface area (Å²) in [7, 11) is 1.83. The molecule has 0 atom stereocenters. The third kappa shape index (κ3) is 2.67. The highest BCUT2D eigenvalue weighted by atomic mass is 35.5. The molecule has 1 aliphatic rings. The zero-order chi connectivity index (χ0) is 16.9. The number of hydrogen-bond acceptors (Lipinski definition) is 3. The first-order valence-electron chi connectivity index (χ1n) is 7.46. The fraction of sp³-hybridized carbons (Fsp3) is 0.438. The van der Waals surface area contributed by atoms with Crippen LogP contribution in [-0.4, -0.2) is 28.3 Å². The lowest BCUT2D eigenvalue weighted by Crippen LogP contribution is -2.49. The number of carbonyl (C=O) groups is 2. The highest BCUT2D eigenvalue weighted by Crippen LogP contribution is 2.36. The number of amides is 3. The van der Waals surface area contributed by atoms with Gasteiger partial charge in [-0.25, -0.2) is 4.79 Å². The summed E-state index contributed by atoms with van der Waals surface area (Å²) < 4.78 is 1.74. The molecule has 122 valence electrons. The van der Waals surface area contributed by atoms with Crippen molar-refractivity contribution in [2.75, 3.05) is 11.4 Å². The lowest BCUT2D eigenvalue weighted by molar-refractivity contribution is -0.120. The van der Waals surface area contributed by atoms with Gasteiger partial charge in [0.15, 0.2) is 5.82 Å². The molecule has 0 aliphatic carbocycles. The van der Waals surface area contributed by atoms with Gasteiger partial charge in [0.05, 0.1) is 5.52 Å². The zero-order valence-corrected chi connectivity index (χ0v) is 14.4. The molecule has 1 N–H and O–H groups in total. The SMILES string of the molecule is Cn1nc(N2CCC(=O)NC2=O)c2cc(Cl)c(C(C)(C)C)cc21. The zero-order valence-electron chi connectivity index (χ0n) is 13.6. The largest absolute Gasteiger partial charge is 0.329 e. The second-order valence-electron chi connectivity index (χ2n) is 6.80. The van der Waals surface area contributed by atoms with Gasteiger partial charge in [0.25, 0.3) is 0 Å². The fourth-order valence-corrected chi connectivity index (χ4v) is 3.25. The number of nitrogens with one attached hydrogen (secondary N) is 1. The Labute approximate surface area is 139 Å². The Morgan fingerprint density at radius 1 is 1.26 bits per heavy atom. The van der Waals surface area contributed by atoms with Crippen molar-refractivity contribution in [3.63, 3.8) is 0 Å². The lowest BCUT2D eigenvalue weighted by Gasteiger charge is -2.25. The number of benzene rings is 1. The van der Waals surface area contributed by atoms with E-state index in [1.54, 1.807) is 4.68 Å². The maximum atomic E-state index is 12.1. The van der Waals surface area contributed by atoms with Crippen LogP contribution in [0.1, 0.15) is 32.8 Å². The molecule has 0 radical (unpaired) electrons. The molecule has 6 nitrogen and oxygen atoms in total. The molecule has 2 aromatic rings. The van der Waals surface area contributed by atoms with Gasteiger partial charge in [-0.3, -0.25) is 19.7 Å². The number of urea groups is 1. The molecule has 2 heterocycles. The van der Waals surface area contributed by atoms with Crippen molar-refractivity contribution in [3.8, 4) is 0 Å². The molecule has 0 saturated carbocycles. The number of imide groups is 1. The van der Waals surface area contributed by atoms with Crippen LogP contribution in [0.5, 0.6) is 0 Å². The molecular weight excluding hydrogens is 316 g/mol. The minimum atomic E-state index is -0.447. The molecule has 0 spiro atoms. The van der Waals surface area contributed by atoms with E-state index in [0.29, 0.717) is 17.4 Å². The maximum absolute atomic E-state index is 12.1. The molecule has 23 heavy (non-hydrogen) atoms. The Kier molecular flexibility index (Phi) is 3.59. The Bertz CT molecular complexity index is 820. The Balaban J connectivity index is 2.15. The maximum Gasteiger partial charge on any atom is 0.329 e. The van der Waals surface area contributed by atoms with E-state index in [2.05, 4.69) is 31.2 Å². The monoisotopic (exact) mass is 334 g/mol. The van der Waals surface area contributed by atoms with E-state index in [0.717, 1.165) is 16.5 Å². The van der Waals surface area contributed by atoms with Gasteiger partial charge in [-0.2, -0.15) is 5.10 Å². The van der Waals surface area contributed by atoms with Crippen LogP contribution in [0.2, 0.25) is 5.02 Å². The van der Waals surface area contributed by atoms with Gasteiger partial charge >= 0.3 is 6.03 Å². The molecule has 1 aliphatic heterocycles. The van der Waals surface area contributed by atoms with Crippen LogP contribution in [0.3, 0.4) is 0 Å². The van der Waals surface area contributed by atoms with Crippen molar-refractivity contribution >= 4 is 40.3 Å². The molecule has 3 rings (SSSR count). The molecule has 0 bridgehead atoms. The van der Waals surface area contributed by atoms with Crippen LogP contribution in [0.4, 0.5) is 10.6 Å². The van der Waals surface area contributed by atoms with Gasteiger partial charge in [-0.05, 0) is 23.1 Å². The molecule has 0 unspecified atom stereocenters. The third-order valence-electron chi connectivity index (χ3n) is 4.04. The van der Waals surface area contributed by atoms with Crippen molar-refractivity contribution in [1.82, 2.24) is 15.1 Å². The summed E-state index contributed by atoms with van der Waals surface area (Å²) in [6, 6.07) is 3.42. The molecule has 7 heteroatoms. The van der Waals surface area contributed by atoms with Crippen molar-refractivity contribution in [3.05, 3.63) is 22.7 Å². The van der Waals surface area contributed by atoms with Crippen molar-refractivity contribution < 1.29 is 9.59 Å². The van der Waals surface area contributed by atoms with E-state index in [-0.39, 0.29) is 17.7 Å². The smallest absolute Gasteiger partial charge is 0.278 e. The first kappa shape index (κ1) is 15.8. The van der Waals surface area contributed by atoms with Crippen LogP contribution in [-0.2, 0) is 17.3 Å². The van der Waals surface area contributed by atoms with Crippen molar-refractivity contribution in [1.29, 1.82) is 0 Å². The number of halogens is 1. The summed E-state index contributed by atoms with van der Waals surface area (Å²) in [5.74, 6) is 0.259. The first-order valence-corrected chi connectivity index (χ1v) is 7.84. The van der Waals surface area contributed by atoms with E-state index in [9.17, 15) is 9.59 Å². The van der Waals surface area contributed by atoms with E-state index >= 15 is 0 Å². The summed E-state index contributed by atoms with van der Waals surface area (Å²) in [4.78, 5) is 24.9. The molecule has 1 aromatic carbocycles. The summed E-state index contributed by atoms with van der Waals surface area (Å²) in [5.41, 5.74) is 1.84. The predicted molar refractivity (Wildman–Crippen MR) is 89.9 cm³/mol. The highest BCUT2D eigenvalue weighted by molar-refractivity contribution is 6.32. The first-order chi connectivity index (χ1) is 10.7. The standard InChI is InChI=1S/C16H19ClN4O2/c1-16(2,3)10-8-12-9(7-11(10)17)14(19-20(12)4)21-6-5-13(22)18-15(21)23/h7-8H,5-6H2,1-4H3,(H,18,22,23). The summed E-state index contributed by atoms with van der Waals surface area (Å²) in [5, 5.41) is 8.23. The number of carbonyl (C=O) groups excluding carboxylic acids is 2. The van der Waals surface area contributed by atoms with Gasteiger partial charge in [-0.15, -0.1) is 0 Å². The van der Waals surface area contributed by atoms with Crippen LogP contribution >= 0.6 is 11.6 Å². The summed E-state index contributed by atoms with van der Waals surface area (Å²) in [6.07, 6.45) is 0.262. The lowest BCUT2D eigenvalue weighted by atomic mass is 9.86. The van der Waals surface area contributed by atoms with E-state index in [1.165, 1.54) is 4.90 Å². The molecule has 3 amide bonds. The van der Waals surface area contributed by atoms with E-state index in [4.69, 9.17) is 11.6 Å². The highest BCUT2D eigenvalue weighted by Gasteiger charge is 2.29. The number of fused-ring (bicyclic) bond motifs is 1. The summed E-state index contributed by atoms with van der Waals surface area (Å²) in [6.45, 7) is 6.61. The Morgan fingerprint density at radius 2 is 1.96 bits per heavy atom. The van der Waals surface area contributed by atoms with Crippen LogP contribution < -0.4 is 10.2 Å². The average Bonchev–Trinajstić information content (AvgIpc) is 2.73. The second-order valence-corrected chi connectivity index (χ2v) is 7.21.